The zero-order chi connectivity index (χ0) is 14.5. The van der Waals surface area contributed by atoms with Gasteiger partial charge in [-0.3, -0.25) is 4.79 Å². The summed E-state index contributed by atoms with van der Waals surface area (Å²) in [7, 11) is 0. The molecule has 5 heteroatoms. The Bertz CT molecular complexity index is 577. The molecule has 0 radical (unpaired) electrons. The zero-order valence-electron chi connectivity index (χ0n) is 11.1. The Hall–Kier alpha value is -2.14. The highest BCUT2D eigenvalue weighted by Crippen LogP contribution is 2.25. The molecule has 20 heavy (non-hydrogen) atoms. The number of nitrogens with one attached hydrogen (secondary N) is 1. The molecule has 0 saturated heterocycles. The molecule has 1 atom stereocenters. The summed E-state index contributed by atoms with van der Waals surface area (Å²) in [4.78, 5) is 12.0. The molecule has 1 heterocycles. The Balaban J connectivity index is 2.16. The third-order valence-electron chi connectivity index (χ3n) is 2.95. The van der Waals surface area contributed by atoms with Crippen molar-refractivity contribution in [3.63, 3.8) is 0 Å². The summed E-state index contributed by atoms with van der Waals surface area (Å²) in [6.07, 6.45) is 1.42. The number of furan rings is 1. The van der Waals surface area contributed by atoms with Gasteiger partial charge in [-0.2, -0.15) is 0 Å². The highest BCUT2D eigenvalue weighted by molar-refractivity contribution is 5.98. The van der Waals surface area contributed by atoms with Crippen molar-refractivity contribution in [2.45, 2.75) is 6.92 Å². The summed E-state index contributed by atoms with van der Waals surface area (Å²) in [5, 5.41) is 11.6. The first kappa shape index (κ1) is 14.3. The lowest BCUT2D eigenvalue weighted by molar-refractivity contribution is 0.0915. The molecule has 1 amide bonds. The smallest absolute Gasteiger partial charge is 0.287 e. The molecule has 0 bridgehead atoms. The standard InChI is InChI=1S/C15H16FNO3/c1-10(9-18)8-17-15(19)14-13(6-7-20-14)11-2-4-12(16)5-3-11/h2-7,10,18H,8-9H2,1H3,(H,17,19). The van der Waals surface area contributed by atoms with Crippen LogP contribution in [0.3, 0.4) is 0 Å². The molecule has 1 aromatic heterocycles. The van der Waals surface area contributed by atoms with Crippen LogP contribution in [0, 0.1) is 11.7 Å². The van der Waals surface area contributed by atoms with Gasteiger partial charge >= 0.3 is 0 Å². The summed E-state index contributed by atoms with van der Waals surface area (Å²) >= 11 is 0. The normalized spacial score (nSPS) is 12.2. The number of hydrogen-bond acceptors (Lipinski definition) is 3. The minimum absolute atomic E-state index is 0.00323. The van der Waals surface area contributed by atoms with E-state index in [1.807, 2.05) is 6.92 Å². The van der Waals surface area contributed by atoms with Crippen LogP contribution in [-0.2, 0) is 0 Å². The topological polar surface area (TPSA) is 62.5 Å². The minimum atomic E-state index is -0.352. The van der Waals surface area contributed by atoms with Gasteiger partial charge in [0.25, 0.3) is 5.91 Å². The second kappa shape index (κ2) is 6.34. The zero-order valence-corrected chi connectivity index (χ0v) is 11.1. The van der Waals surface area contributed by atoms with E-state index in [0.29, 0.717) is 17.7 Å². The Morgan fingerprint density at radius 3 is 2.70 bits per heavy atom. The fourth-order valence-electron chi connectivity index (χ4n) is 1.75. The van der Waals surface area contributed by atoms with Crippen LogP contribution < -0.4 is 5.32 Å². The van der Waals surface area contributed by atoms with E-state index in [4.69, 9.17) is 9.52 Å². The lowest BCUT2D eigenvalue weighted by Gasteiger charge is -2.09. The molecule has 106 valence electrons. The first-order valence-corrected chi connectivity index (χ1v) is 6.34. The molecule has 1 unspecified atom stereocenters. The molecule has 4 nitrogen and oxygen atoms in total. The van der Waals surface area contributed by atoms with Gasteiger partial charge in [0.05, 0.1) is 6.26 Å². The number of halogens is 1. The quantitative estimate of drug-likeness (QED) is 0.882. The second-order valence-corrected chi connectivity index (χ2v) is 4.67. The van der Waals surface area contributed by atoms with Crippen molar-refractivity contribution in [1.82, 2.24) is 5.32 Å². The van der Waals surface area contributed by atoms with Gasteiger partial charge in [-0.1, -0.05) is 19.1 Å². The third-order valence-corrected chi connectivity index (χ3v) is 2.95. The maximum atomic E-state index is 12.9. The van der Waals surface area contributed by atoms with Crippen molar-refractivity contribution < 1.29 is 18.7 Å². The summed E-state index contributed by atoms with van der Waals surface area (Å²) < 4.78 is 18.1. The van der Waals surface area contributed by atoms with Crippen LogP contribution in [0.5, 0.6) is 0 Å². The number of aliphatic hydroxyl groups is 1. The van der Waals surface area contributed by atoms with Gasteiger partial charge in [0.1, 0.15) is 5.82 Å². The molecule has 0 aliphatic carbocycles. The van der Waals surface area contributed by atoms with Gasteiger partial charge in [-0.05, 0) is 29.7 Å². The van der Waals surface area contributed by atoms with Crippen molar-refractivity contribution in [3.05, 3.63) is 48.2 Å². The van der Waals surface area contributed by atoms with Gasteiger partial charge in [0.2, 0.25) is 0 Å². The van der Waals surface area contributed by atoms with Crippen LogP contribution in [-0.4, -0.2) is 24.2 Å². The number of amides is 1. The van der Waals surface area contributed by atoms with Crippen LogP contribution in [0.1, 0.15) is 17.5 Å². The van der Waals surface area contributed by atoms with Crippen LogP contribution in [0.15, 0.2) is 41.0 Å². The highest BCUT2D eigenvalue weighted by atomic mass is 19.1. The Morgan fingerprint density at radius 2 is 2.05 bits per heavy atom. The van der Waals surface area contributed by atoms with Crippen LogP contribution >= 0.6 is 0 Å². The van der Waals surface area contributed by atoms with Gasteiger partial charge in [-0.15, -0.1) is 0 Å². The molecule has 0 fully saturated rings. The number of aliphatic hydroxyl groups excluding tert-OH is 1. The highest BCUT2D eigenvalue weighted by Gasteiger charge is 2.17. The van der Waals surface area contributed by atoms with E-state index in [0.717, 1.165) is 0 Å². The predicted molar refractivity (Wildman–Crippen MR) is 72.7 cm³/mol. The second-order valence-electron chi connectivity index (χ2n) is 4.67. The SMILES string of the molecule is CC(CO)CNC(=O)c1occc1-c1ccc(F)cc1. The monoisotopic (exact) mass is 277 g/mol. The van der Waals surface area contributed by atoms with Gasteiger partial charge in [-0.25, -0.2) is 4.39 Å². The average molecular weight is 277 g/mol. The molecule has 0 aliphatic heterocycles. The molecule has 1 aromatic carbocycles. The Kier molecular flexibility index (Phi) is 4.53. The van der Waals surface area contributed by atoms with E-state index in [9.17, 15) is 9.18 Å². The van der Waals surface area contributed by atoms with E-state index >= 15 is 0 Å². The number of carbonyl (C=O) groups excluding carboxylic acids is 1. The fraction of sp³-hybridized carbons (Fsp3) is 0.267. The summed E-state index contributed by atoms with van der Waals surface area (Å²) in [6.45, 7) is 2.19. The molecule has 0 aliphatic rings. The largest absolute Gasteiger partial charge is 0.459 e. The van der Waals surface area contributed by atoms with E-state index < -0.39 is 0 Å². The number of hydrogen-bond donors (Lipinski definition) is 2. The van der Waals surface area contributed by atoms with Crippen molar-refractivity contribution in [1.29, 1.82) is 0 Å². The van der Waals surface area contributed by atoms with Crippen LogP contribution in [0.25, 0.3) is 11.1 Å². The first-order valence-electron chi connectivity index (χ1n) is 6.34. The predicted octanol–water partition coefficient (Wildman–Crippen LogP) is 2.44. The van der Waals surface area contributed by atoms with Crippen LogP contribution in [0.2, 0.25) is 0 Å². The van der Waals surface area contributed by atoms with E-state index in [1.54, 1.807) is 18.2 Å². The Labute approximate surface area is 116 Å². The molecule has 2 N–H and O–H groups in total. The Morgan fingerprint density at radius 1 is 1.35 bits per heavy atom. The lowest BCUT2D eigenvalue weighted by atomic mass is 10.1. The molecular formula is C15H16FNO3. The van der Waals surface area contributed by atoms with E-state index in [1.165, 1.54) is 18.4 Å². The fourth-order valence-corrected chi connectivity index (χ4v) is 1.75. The molecule has 0 spiro atoms. The average Bonchev–Trinajstić information content (AvgIpc) is 2.94. The van der Waals surface area contributed by atoms with Gasteiger partial charge < -0.3 is 14.8 Å². The molecule has 0 saturated carbocycles. The third kappa shape index (κ3) is 3.24. The number of carbonyl (C=O) groups is 1. The first-order chi connectivity index (χ1) is 9.61. The summed E-state index contributed by atoms with van der Waals surface area (Å²) in [6, 6.07) is 7.51. The van der Waals surface area contributed by atoms with Crippen molar-refractivity contribution in [2.24, 2.45) is 5.92 Å². The van der Waals surface area contributed by atoms with Crippen molar-refractivity contribution in [2.75, 3.05) is 13.2 Å². The van der Waals surface area contributed by atoms with E-state index in [2.05, 4.69) is 5.32 Å². The number of benzene rings is 1. The summed E-state index contributed by atoms with van der Waals surface area (Å²) in [5.74, 6) is -0.528. The van der Waals surface area contributed by atoms with E-state index in [-0.39, 0.29) is 30.0 Å². The van der Waals surface area contributed by atoms with Crippen LogP contribution in [0.4, 0.5) is 4.39 Å². The maximum absolute atomic E-state index is 12.9. The van der Waals surface area contributed by atoms with Crippen molar-refractivity contribution >= 4 is 5.91 Å². The molecule has 2 aromatic rings. The molecule has 2 rings (SSSR count). The van der Waals surface area contributed by atoms with Gasteiger partial charge in [0, 0.05) is 18.7 Å². The maximum Gasteiger partial charge on any atom is 0.287 e. The van der Waals surface area contributed by atoms with Gasteiger partial charge in [0.15, 0.2) is 5.76 Å². The minimum Gasteiger partial charge on any atom is -0.459 e. The number of rotatable bonds is 5. The van der Waals surface area contributed by atoms with Crippen molar-refractivity contribution in [3.8, 4) is 11.1 Å². The molecular weight excluding hydrogens is 261 g/mol. The summed E-state index contributed by atoms with van der Waals surface area (Å²) in [5.41, 5.74) is 1.32. The lowest BCUT2D eigenvalue weighted by Crippen LogP contribution is -2.29.